The Morgan fingerprint density at radius 2 is 1.81 bits per heavy atom. The highest BCUT2D eigenvalue weighted by molar-refractivity contribution is 6.37. The van der Waals surface area contributed by atoms with Crippen molar-refractivity contribution in [2.75, 3.05) is 7.11 Å². The molecule has 1 aromatic heterocycles. The molecular weight excluding hydrogens is 251 g/mol. The maximum absolute atomic E-state index is 11.4. The van der Waals surface area contributed by atoms with E-state index in [-0.39, 0.29) is 21.3 Å². The number of esters is 1. The van der Waals surface area contributed by atoms with Crippen LogP contribution in [0.4, 0.5) is 0 Å². The van der Waals surface area contributed by atoms with Gasteiger partial charge in [0.2, 0.25) is 0 Å². The number of methoxy groups -OCH3 is 1. The average Bonchev–Trinajstić information content (AvgIpc) is 2.96. The van der Waals surface area contributed by atoms with Crippen LogP contribution in [0.1, 0.15) is 35.9 Å². The third-order valence-electron chi connectivity index (χ3n) is 2.75. The van der Waals surface area contributed by atoms with Crippen LogP contribution in [0, 0.1) is 0 Å². The second kappa shape index (κ2) is 3.86. The largest absolute Gasteiger partial charge is 0.465 e. The van der Waals surface area contributed by atoms with E-state index in [9.17, 15) is 4.79 Å². The van der Waals surface area contributed by atoms with E-state index in [4.69, 9.17) is 23.2 Å². The molecule has 6 heteroatoms. The number of aromatic nitrogens is 2. The van der Waals surface area contributed by atoms with Crippen LogP contribution in [-0.4, -0.2) is 23.0 Å². The smallest absolute Gasteiger partial charge is 0.344 e. The number of carbonyl (C=O) groups excluding carboxylic acids is 1. The quantitative estimate of drug-likeness (QED) is 0.606. The van der Waals surface area contributed by atoms with Crippen molar-refractivity contribution in [3.63, 3.8) is 0 Å². The van der Waals surface area contributed by atoms with Gasteiger partial charge >= 0.3 is 5.97 Å². The van der Waals surface area contributed by atoms with E-state index in [1.807, 2.05) is 6.92 Å². The topological polar surface area (TPSA) is 52.1 Å². The summed E-state index contributed by atoms with van der Waals surface area (Å²) in [5, 5.41) is 0.102. The molecule has 1 aromatic rings. The van der Waals surface area contributed by atoms with Crippen LogP contribution >= 0.6 is 23.2 Å². The van der Waals surface area contributed by atoms with Gasteiger partial charge in [-0.1, -0.05) is 30.1 Å². The van der Waals surface area contributed by atoms with E-state index in [1.165, 1.54) is 7.11 Å². The maximum atomic E-state index is 11.4. The molecule has 0 saturated heterocycles. The van der Waals surface area contributed by atoms with E-state index >= 15 is 0 Å². The van der Waals surface area contributed by atoms with E-state index in [2.05, 4.69) is 14.7 Å². The molecule has 0 radical (unpaired) electrons. The maximum Gasteiger partial charge on any atom is 0.344 e. The molecule has 0 unspecified atom stereocenters. The second-order valence-corrected chi connectivity index (χ2v) is 4.77. The molecule has 1 fully saturated rings. The van der Waals surface area contributed by atoms with Gasteiger partial charge in [-0.05, 0) is 12.8 Å². The lowest BCUT2D eigenvalue weighted by Crippen LogP contribution is -2.12. The fourth-order valence-corrected chi connectivity index (χ4v) is 1.90. The number of nitrogens with zero attached hydrogens (tertiary/aromatic N) is 2. The van der Waals surface area contributed by atoms with Gasteiger partial charge in [0.15, 0.2) is 0 Å². The van der Waals surface area contributed by atoms with Gasteiger partial charge in [-0.25, -0.2) is 14.8 Å². The van der Waals surface area contributed by atoms with Crippen molar-refractivity contribution in [2.45, 2.75) is 25.2 Å². The van der Waals surface area contributed by atoms with Crippen LogP contribution in [0.5, 0.6) is 0 Å². The van der Waals surface area contributed by atoms with E-state index in [1.54, 1.807) is 0 Å². The van der Waals surface area contributed by atoms with Crippen molar-refractivity contribution in [2.24, 2.45) is 0 Å². The molecule has 1 saturated carbocycles. The van der Waals surface area contributed by atoms with Crippen molar-refractivity contribution < 1.29 is 9.53 Å². The SMILES string of the molecule is COC(=O)c1c(Cl)nc(C2(C)CC2)nc1Cl. The molecule has 0 spiro atoms. The van der Waals surface area contributed by atoms with Crippen LogP contribution in [0.15, 0.2) is 0 Å². The highest BCUT2D eigenvalue weighted by Gasteiger charge is 2.43. The van der Waals surface area contributed by atoms with Gasteiger partial charge in [0, 0.05) is 5.41 Å². The number of hydrogen-bond acceptors (Lipinski definition) is 4. The van der Waals surface area contributed by atoms with Crippen molar-refractivity contribution in [3.8, 4) is 0 Å². The summed E-state index contributed by atoms with van der Waals surface area (Å²) in [6.45, 7) is 2.03. The Morgan fingerprint density at radius 3 is 2.19 bits per heavy atom. The Morgan fingerprint density at radius 1 is 1.31 bits per heavy atom. The predicted molar refractivity (Wildman–Crippen MR) is 60.0 cm³/mol. The number of ether oxygens (including phenoxy) is 1. The standard InChI is InChI=1S/C10H10Cl2N2O2/c1-10(3-4-10)9-13-6(11)5(7(12)14-9)8(15)16-2/h3-4H2,1-2H3. The van der Waals surface area contributed by atoms with E-state index in [0.29, 0.717) is 5.82 Å². The minimum absolute atomic E-state index is 0.0267. The summed E-state index contributed by atoms with van der Waals surface area (Å²) in [6.07, 6.45) is 2.02. The molecule has 0 aliphatic heterocycles. The predicted octanol–water partition coefficient (Wildman–Crippen LogP) is 2.62. The Kier molecular flexibility index (Phi) is 2.80. The van der Waals surface area contributed by atoms with Gasteiger partial charge in [-0.15, -0.1) is 0 Å². The van der Waals surface area contributed by atoms with Crippen molar-refractivity contribution >= 4 is 29.2 Å². The summed E-state index contributed by atoms with van der Waals surface area (Å²) in [7, 11) is 1.26. The zero-order valence-corrected chi connectivity index (χ0v) is 10.4. The van der Waals surface area contributed by atoms with Gasteiger partial charge in [0.25, 0.3) is 0 Å². The number of rotatable bonds is 2. The van der Waals surface area contributed by atoms with Crippen LogP contribution in [0.25, 0.3) is 0 Å². The first-order valence-electron chi connectivity index (χ1n) is 4.80. The highest BCUT2D eigenvalue weighted by atomic mass is 35.5. The van der Waals surface area contributed by atoms with Crippen molar-refractivity contribution in [1.29, 1.82) is 0 Å². The third kappa shape index (κ3) is 1.87. The number of halogens is 2. The Balaban J connectivity index is 2.47. The zero-order valence-electron chi connectivity index (χ0n) is 8.88. The first-order chi connectivity index (χ1) is 7.48. The molecule has 0 N–H and O–H groups in total. The van der Waals surface area contributed by atoms with Gasteiger partial charge in [-0.3, -0.25) is 0 Å². The van der Waals surface area contributed by atoms with Gasteiger partial charge < -0.3 is 4.74 Å². The van der Waals surface area contributed by atoms with Crippen molar-refractivity contribution in [1.82, 2.24) is 9.97 Å². The molecule has 0 amide bonds. The molecule has 1 heterocycles. The zero-order chi connectivity index (χ0) is 11.9. The van der Waals surface area contributed by atoms with Crippen molar-refractivity contribution in [3.05, 3.63) is 21.7 Å². The highest BCUT2D eigenvalue weighted by Crippen LogP contribution is 2.46. The molecule has 16 heavy (non-hydrogen) atoms. The lowest BCUT2D eigenvalue weighted by atomic mass is 10.1. The van der Waals surface area contributed by atoms with Crippen LogP contribution < -0.4 is 0 Å². The first kappa shape index (κ1) is 11.6. The molecule has 4 nitrogen and oxygen atoms in total. The van der Waals surface area contributed by atoms with E-state index < -0.39 is 5.97 Å². The fourth-order valence-electron chi connectivity index (χ4n) is 1.36. The fraction of sp³-hybridized carbons (Fsp3) is 0.500. The average molecular weight is 261 g/mol. The summed E-state index contributed by atoms with van der Waals surface area (Å²) < 4.78 is 4.55. The minimum Gasteiger partial charge on any atom is -0.465 e. The monoisotopic (exact) mass is 260 g/mol. The van der Waals surface area contributed by atoms with Crippen LogP contribution in [0.3, 0.4) is 0 Å². The van der Waals surface area contributed by atoms with Gasteiger partial charge in [0.1, 0.15) is 21.7 Å². The van der Waals surface area contributed by atoms with Crippen LogP contribution in [-0.2, 0) is 10.2 Å². The third-order valence-corrected chi connectivity index (χ3v) is 3.30. The normalized spacial score (nSPS) is 17.0. The summed E-state index contributed by atoms with van der Waals surface area (Å²) in [5.41, 5.74) is -0.0131. The second-order valence-electron chi connectivity index (χ2n) is 4.06. The van der Waals surface area contributed by atoms with E-state index in [0.717, 1.165) is 12.8 Å². The Hall–Kier alpha value is -0.870. The first-order valence-corrected chi connectivity index (χ1v) is 5.55. The molecule has 0 aromatic carbocycles. The van der Waals surface area contributed by atoms with Crippen LogP contribution in [0.2, 0.25) is 10.3 Å². The number of carbonyl (C=O) groups is 1. The molecule has 1 aliphatic carbocycles. The minimum atomic E-state index is -0.623. The summed E-state index contributed by atoms with van der Waals surface area (Å²) in [6, 6.07) is 0. The molecule has 1 aliphatic rings. The Bertz CT molecular complexity index is 435. The lowest BCUT2D eigenvalue weighted by Gasteiger charge is -2.10. The Labute approximate surface area is 103 Å². The summed E-state index contributed by atoms with van der Waals surface area (Å²) >= 11 is 11.8. The molecule has 86 valence electrons. The molecule has 0 bridgehead atoms. The molecule has 0 atom stereocenters. The summed E-state index contributed by atoms with van der Waals surface area (Å²) in [4.78, 5) is 19.6. The number of hydrogen-bond donors (Lipinski definition) is 0. The van der Waals surface area contributed by atoms with Gasteiger partial charge in [-0.2, -0.15) is 0 Å². The van der Waals surface area contributed by atoms with Gasteiger partial charge in [0.05, 0.1) is 7.11 Å². The summed E-state index contributed by atoms with van der Waals surface area (Å²) in [5.74, 6) is -0.0300. The lowest BCUT2D eigenvalue weighted by molar-refractivity contribution is 0.0600. The molecule has 2 rings (SSSR count). The molecular formula is C10H10Cl2N2O2.